The first kappa shape index (κ1) is 16.4. The van der Waals surface area contributed by atoms with E-state index in [9.17, 15) is 31.1 Å². The van der Waals surface area contributed by atoms with Crippen LogP contribution in [0.5, 0.6) is 0 Å². The fourth-order valence-electron chi connectivity index (χ4n) is 2.19. The monoisotopic (exact) mass is 323 g/mol. The number of carbonyl (C=O) groups excluding carboxylic acids is 1. The maximum Gasteiger partial charge on any atom is 0.454 e. The molecule has 0 unspecified atom stereocenters. The Labute approximate surface area is 121 Å². The third-order valence-electron chi connectivity index (χ3n) is 3.22. The van der Waals surface area contributed by atoms with Gasteiger partial charge in [0.2, 0.25) is 0 Å². The number of halogens is 6. The summed E-state index contributed by atoms with van der Waals surface area (Å²) in [7, 11) is 0. The third-order valence-corrected chi connectivity index (χ3v) is 3.22. The highest BCUT2D eigenvalue weighted by Gasteiger charge is 2.41. The van der Waals surface area contributed by atoms with E-state index in [0.29, 0.717) is 6.07 Å². The molecule has 0 amide bonds. The van der Waals surface area contributed by atoms with Crippen molar-refractivity contribution in [1.29, 1.82) is 0 Å². The van der Waals surface area contributed by atoms with Crippen molar-refractivity contribution in [1.82, 2.24) is 4.57 Å². The lowest BCUT2D eigenvalue weighted by atomic mass is 10.1. The molecular weight excluding hydrogens is 312 g/mol. The van der Waals surface area contributed by atoms with E-state index in [2.05, 4.69) is 0 Å². The van der Waals surface area contributed by atoms with Gasteiger partial charge in [0.05, 0.1) is 11.1 Å². The fourth-order valence-corrected chi connectivity index (χ4v) is 2.19. The van der Waals surface area contributed by atoms with Crippen LogP contribution in [0.4, 0.5) is 26.3 Å². The maximum atomic E-state index is 12.7. The summed E-state index contributed by atoms with van der Waals surface area (Å²) in [6.45, 7) is 3.20. The topological polar surface area (TPSA) is 22.0 Å². The standard InChI is InChI=1S/C14H11F6NO/c1-7(2)21-6-10(12(22)14(18,19)20)9-4-3-8(5-11(9)21)13(15,16)17/h3-7H,1-2H3. The first-order valence-corrected chi connectivity index (χ1v) is 6.26. The molecule has 0 aliphatic rings. The number of carbonyl (C=O) groups is 1. The van der Waals surface area contributed by atoms with E-state index in [1.807, 2.05) is 0 Å². The number of nitrogens with zero attached hydrogens (tertiary/aromatic N) is 1. The fraction of sp³-hybridized carbons (Fsp3) is 0.357. The zero-order chi connectivity index (χ0) is 16.9. The molecule has 0 fully saturated rings. The van der Waals surface area contributed by atoms with Crippen LogP contribution in [-0.2, 0) is 6.18 Å². The Bertz CT molecular complexity index is 723. The first-order chi connectivity index (χ1) is 9.93. The average Bonchev–Trinajstić information content (AvgIpc) is 2.74. The van der Waals surface area contributed by atoms with E-state index in [1.54, 1.807) is 13.8 Å². The molecule has 2 rings (SSSR count). The average molecular weight is 323 g/mol. The molecule has 0 spiro atoms. The Morgan fingerprint density at radius 3 is 2.14 bits per heavy atom. The second-order valence-electron chi connectivity index (χ2n) is 5.10. The highest BCUT2D eigenvalue weighted by atomic mass is 19.4. The molecule has 2 aromatic rings. The number of alkyl halides is 6. The lowest BCUT2D eigenvalue weighted by Crippen LogP contribution is -2.22. The number of benzene rings is 1. The van der Waals surface area contributed by atoms with Gasteiger partial charge in [-0.2, -0.15) is 26.3 Å². The summed E-state index contributed by atoms with van der Waals surface area (Å²) in [5, 5.41) is -0.149. The predicted octanol–water partition coefficient (Wildman–Crippen LogP) is 4.99. The number of Topliss-reactive ketones (excluding diaryl/α,β-unsaturated/α-hetero) is 1. The molecule has 0 radical (unpaired) electrons. The van der Waals surface area contributed by atoms with Gasteiger partial charge < -0.3 is 4.57 Å². The van der Waals surface area contributed by atoms with E-state index < -0.39 is 35.3 Å². The Kier molecular flexibility index (Phi) is 3.75. The van der Waals surface area contributed by atoms with Crippen LogP contribution in [0.2, 0.25) is 0 Å². The predicted molar refractivity (Wildman–Crippen MR) is 67.7 cm³/mol. The Morgan fingerprint density at radius 1 is 1.09 bits per heavy atom. The number of ketones is 1. The normalized spacial score (nSPS) is 13.1. The van der Waals surface area contributed by atoms with E-state index >= 15 is 0 Å². The lowest BCUT2D eigenvalue weighted by Gasteiger charge is -2.11. The number of hydrogen-bond acceptors (Lipinski definition) is 1. The van der Waals surface area contributed by atoms with Gasteiger partial charge in [-0.05, 0) is 26.0 Å². The van der Waals surface area contributed by atoms with E-state index in [1.165, 1.54) is 4.57 Å². The molecule has 0 saturated heterocycles. The minimum absolute atomic E-state index is 0.0579. The van der Waals surface area contributed by atoms with Gasteiger partial charge in [0.1, 0.15) is 0 Å². The molecule has 0 aliphatic heterocycles. The number of rotatable bonds is 2. The van der Waals surface area contributed by atoms with Crippen LogP contribution in [0.3, 0.4) is 0 Å². The molecule has 1 heterocycles. The van der Waals surface area contributed by atoms with E-state index in [-0.39, 0.29) is 10.9 Å². The summed E-state index contributed by atoms with van der Waals surface area (Å²) < 4.78 is 77.3. The molecule has 120 valence electrons. The number of aromatic nitrogens is 1. The molecular formula is C14H11F6NO. The first-order valence-electron chi connectivity index (χ1n) is 6.26. The van der Waals surface area contributed by atoms with Crippen molar-refractivity contribution in [3.05, 3.63) is 35.5 Å². The summed E-state index contributed by atoms with van der Waals surface area (Å²) in [5.41, 5.74) is -1.69. The van der Waals surface area contributed by atoms with Crippen molar-refractivity contribution in [2.24, 2.45) is 0 Å². The molecule has 1 aromatic heterocycles. The summed E-state index contributed by atoms with van der Waals surface area (Å²) in [6, 6.07) is 1.92. The molecule has 0 aliphatic carbocycles. The maximum absolute atomic E-state index is 12.7. The van der Waals surface area contributed by atoms with Gasteiger partial charge >= 0.3 is 12.4 Å². The van der Waals surface area contributed by atoms with Crippen LogP contribution in [0.25, 0.3) is 10.9 Å². The largest absolute Gasteiger partial charge is 0.454 e. The molecule has 1 aromatic carbocycles. The molecule has 2 nitrogen and oxygen atoms in total. The van der Waals surface area contributed by atoms with Gasteiger partial charge in [0.25, 0.3) is 5.78 Å². The smallest absolute Gasteiger partial charge is 0.344 e. The van der Waals surface area contributed by atoms with Gasteiger partial charge in [-0.1, -0.05) is 6.07 Å². The molecule has 22 heavy (non-hydrogen) atoms. The lowest BCUT2D eigenvalue weighted by molar-refractivity contribution is -0.137. The molecule has 0 N–H and O–H groups in total. The second-order valence-corrected chi connectivity index (χ2v) is 5.10. The van der Waals surface area contributed by atoms with Crippen LogP contribution >= 0.6 is 0 Å². The van der Waals surface area contributed by atoms with Crippen molar-refractivity contribution >= 4 is 16.7 Å². The van der Waals surface area contributed by atoms with Gasteiger partial charge in [-0.3, -0.25) is 4.79 Å². The highest BCUT2D eigenvalue weighted by Crippen LogP contribution is 2.35. The molecule has 0 atom stereocenters. The number of hydrogen-bond donors (Lipinski definition) is 0. The van der Waals surface area contributed by atoms with Crippen molar-refractivity contribution in [2.45, 2.75) is 32.2 Å². The Morgan fingerprint density at radius 2 is 1.68 bits per heavy atom. The molecule has 0 bridgehead atoms. The van der Waals surface area contributed by atoms with Crippen molar-refractivity contribution < 1.29 is 31.1 Å². The summed E-state index contributed by atoms with van der Waals surface area (Å²) in [6.07, 6.45) is -8.75. The van der Waals surface area contributed by atoms with Gasteiger partial charge in [0, 0.05) is 23.1 Å². The van der Waals surface area contributed by atoms with Crippen LogP contribution in [0.15, 0.2) is 24.4 Å². The van der Waals surface area contributed by atoms with Gasteiger partial charge in [0.15, 0.2) is 0 Å². The van der Waals surface area contributed by atoms with E-state index in [4.69, 9.17) is 0 Å². The van der Waals surface area contributed by atoms with Crippen LogP contribution in [-0.4, -0.2) is 16.5 Å². The molecule has 8 heteroatoms. The van der Waals surface area contributed by atoms with E-state index in [0.717, 1.165) is 18.3 Å². The minimum Gasteiger partial charge on any atom is -0.344 e. The Hall–Kier alpha value is -1.99. The quantitative estimate of drug-likeness (QED) is 0.564. The summed E-state index contributed by atoms with van der Waals surface area (Å²) >= 11 is 0. The minimum atomic E-state index is -5.08. The van der Waals surface area contributed by atoms with Gasteiger partial charge in [-0.15, -0.1) is 0 Å². The zero-order valence-electron chi connectivity index (χ0n) is 11.5. The summed E-state index contributed by atoms with van der Waals surface area (Å²) in [4.78, 5) is 11.4. The van der Waals surface area contributed by atoms with Crippen molar-refractivity contribution in [3.8, 4) is 0 Å². The second kappa shape index (κ2) is 5.03. The summed E-state index contributed by atoms with van der Waals surface area (Å²) in [5.74, 6) is -2.07. The van der Waals surface area contributed by atoms with Gasteiger partial charge in [-0.25, -0.2) is 0 Å². The Balaban J connectivity index is 2.74. The van der Waals surface area contributed by atoms with Crippen LogP contribution in [0, 0.1) is 0 Å². The van der Waals surface area contributed by atoms with Crippen LogP contribution in [0.1, 0.15) is 35.8 Å². The molecule has 0 saturated carbocycles. The van der Waals surface area contributed by atoms with Crippen LogP contribution < -0.4 is 0 Å². The highest BCUT2D eigenvalue weighted by molar-refractivity contribution is 6.10. The zero-order valence-corrected chi connectivity index (χ0v) is 11.5. The van der Waals surface area contributed by atoms with Crippen molar-refractivity contribution in [2.75, 3.05) is 0 Å². The SMILES string of the molecule is CC(C)n1cc(C(=O)C(F)(F)F)c2ccc(C(F)(F)F)cc21. The number of fused-ring (bicyclic) bond motifs is 1. The van der Waals surface area contributed by atoms with Crippen molar-refractivity contribution in [3.63, 3.8) is 0 Å². The third kappa shape index (κ3) is 2.82.